The summed E-state index contributed by atoms with van der Waals surface area (Å²) in [5.74, 6) is 2.41. The molecule has 0 aromatic heterocycles. The number of carbonyl (C=O) groups excluding carboxylic acids is 2. The van der Waals surface area contributed by atoms with E-state index in [1.54, 1.807) is 12.1 Å². The van der Waals surface area contributed by atoms with E-state index in [0.29, 0.717) is 5.56 Å². The Labute approximate surface area is 168 Å². The summed E-state index contributed by atoms with van der Waals surface area (Å²) < 4.78 is 0. The molecule has 4 heteroatoms. The second-order valence-electron chi connectivity index (χ2n) is 10.1. The van der Waals surface area contributed by atoms with E-state index in [4.69, 9.17) is 0 Å². The van der Waals surface area contributed by atoms with Gasteiger partial charge in [0, 0.05) is 11.6 Å². The lowest BCUT2D eigenvalue weighted by molar-refractivity contribution is -0.128. The largest absolute Gasteiger partial charge is 0.351 e. The third kappa shape index (κ3) is 3.70. The summed E-state index contributed by atoms with van der Waals surface area (Å²) >= 11 is 0. The molecule has 0 spiro atoms. The van der Waals surface area contributed by atoms with Gasteiger partial charge in [-0.25, -0.2) is 0 Å². The third-order valence-corrected chi connectivity index (χ3v) is 7.63. The van der Waals surface area contributed by atoms with E-state index < -0.39 is 6.04 Å². The molecule has 4 aliphatic rings. The van der Waals surface area contributed by atoms with E-state index >= 15 is 0 Å². The number of hydrogen-bond donors (Lipinski definition) is 2. The number of carbonyl (C=O) groups is 2. The first-order valence-corrected chi connectivity index (χ1v) is 11.0. The van der Waals surface area contributed by atoms with Gasteiger partial charge in [-0.15, -0.1) is 0 Å². The van der Waals surface area contributed by atoms with E-state index in [1.165, 1.54) is 38.5 Å². The second kappa shape index (κ2) is 7.53. The van der Waals surface area contributed by atoms with Crippen LogP contribution < -0.4 is 10.6 Å². The van der Waals surface area contributed by atoms with Gasteiger partial charge in [-0.3, -0.25) is 9.59 Å². The highest BCUT2D eigenvalue weighted by Crippen LogP contribution is 2.61. The summed E-state index contributed by atoms with van der Waals surface area (Å²) in [7, 11) is 0. The minimum absolute atomic E-state index is 0.0382. The molecule has 0 saturated heterocycles. The van der Waals surface area contributed by atoms with E-state index in [1.807, 2.05) is 32.0 Å². The predicted molar refractivity (Wildman–Crippen MR) is 111 cm³/mol. The maximum Gasteiger partial charge on any atom is 0.251 e. The fourth-order valence-electron chi connectivity index (χ4n) is 6.51. The molecule has 2 N–H and O–H groups in total. The molecule has 0 unspecified atom stereocenters. The van der Waals surface area contributed by atoms with E-state index in [-0.39, 0.29) is 29.2 Å². The molecule has 152 valence electrons. The van der Waals surface area contributed by atoms with Crippen LogP contribution in [0.5, 0.6) is 0 Å². The first kappa shape index (κ1) is 19.5. The summed E-state index contributed by atoms with van der Waals surface area (Å²) in [6.45, 7) is 6.18. The van der Waals surface area contributed by atoms with Gasteiger partial charge >= 0.3 is 0 Å². The van der Waals surface area contributed by atoms with Crippen molar-refractivity contribution in [1.82, 2.24) is 10.6 Å². The van der Waals surface area contributed by atoms with Crippen molar-refractivity contribution in [2.75, 3.05) is 0 Å². The zero-order valence-electron chi connectivity index (χ0n) is 17.4. The van der Waals surface area contributed by atoms with Gasteiger partial charge in [-0.1, -0.05) is 32.0 Å². The van der Waals surface area contributed by atoms with Crippen molar-refractivity contribution in [2.24, 2.45) is 29.1 Å². The fraction of sp³-hybridized carbons (Fsp3) is 0.667. The average molecular weight is 383 g/mol. The Morgan fingerprint density at radius 3 is 1.93 bits per heavy atom. The SMILES string of the molecule is CC(C)[C@H](NC(=O)c1ccccc1)C(=O)N[C@H](C)C12CC3CC(CC(C3)C1)C2. The van der Waals surface area contributed by atoms with Gasteiger partial charge in [0.15, 0.2) is 0 Å². The maximum absolute atomic E-state index is 13.1. The number of rotatable bonds is 6. The van der Waals surface area contributed by atoms with Crippen molar-refractivity contribution in [2.45, 2.75) is 71.4 Å². The smallest absolute Gasteiger partial charge is 0.251 e. The lowest BCUT2D eigenvalue weighted by Gasteiger charge is -2.59. The molecule has 4 nitrogen and oxygen atoms in total. The molecule has 5 rings (SSSR count). The molecule has 1 aromatic carbocycles. The highest BCUT2D eigenvalue weighted by Gasteiger charge is 2.53. The van der Waals surface area contributed by atoms with Crippen LogP contribution in [0, 0.1) is 29.1 Å². The minimum atomic E-state index is -0.510. The van der Waals surface area contributed by atoms with E-state index in [0.717, 1.165) is 17.8 Å². The van der Waals surface area contributed by atoms with Gasteiger partial charge in [0.25, 0.3) is 5.91 Å². The Balaban J connectivity index is 1.42. The molecule has 28 heavy (non-hydrogen) atoms. The lowest BCUT2D eigenvalue weighted by Crippen LogP contribution is -2.59. The van der Waals surface area contributed by atoms with Crippen molar-refractivity contribution in [3.8, 4) is 0 Å². The van der Waals surface area contributed by atoms with Crippen LogP contribution in [0.2, 0.25) is 0 Å². The van der Waals surface area contributed by atoms with E-state index in [9.17, 15) is 9.59 Å². The first-order chi connectivity index (χ1) is 13.4. The Kier molecular flexibility index (Phi) is 5.24. The van der Waals surface area contributed by atoms with Crippen molar-refractivity contribution in [3.63, 3.8) is 0 Å². The topological polar surface area (TPSA) is 58.2 Å². The average Bonchev–Trinajstić information content (AvgIpc) is 2.65. The van der Waals surface area contributed by atoms with Crippen LogP contribution in [0.4, 0.5) is 0 Å². The molecular formula is C24H34N2O2. The molecule has 4 bridgehead atoms. The van der Waals surface area contributed by atoms with Gasteiger partial charge in [0.05, 0.1) is 0 Å². The summed E-state index contributed by atoms with van der Waals surface area (Å²) in [6.07, 6.45) is 8.01. The molecule has 4 saturated carbocycles. The van der Waals surface area contributed by atoms with Crippen LogP contribution in [0.15, 0.2) is 30.3 Å². The van der Waals surface area contributed by atoms with Crippen LogP contribution in [0.25, 0.3) is 0 Å². The molecular weight excluding hydrogens is 348 g/mol. The fourth-order valence-corrected chi connectivity index (χ4v) is 6.51. The van der Waals surface area contributed by atoms with Gasteiger partial charge in [-0.05, 0) is 86.7 Å². The number of hydrogen-bond acceptors (Lipinski definition) is 2. The van der Waals surface area contributed by atoms with Crippen LogP contribution in [-0.4, -0.2) is 23.9 Å². The summed E-state index contributed by atoms with van der Waals surface area (Å²) in [5, 5.41) is 6.28. The van der Waals surface area contributed by atoms with Crippen LogP contribution in [0.3, 0.4) is 0 Å². The number of benzene rings is 1. The van der Waals surface area contributed by atoms with Crippen LogP contribution in [-0.2, 0) is 4.79 Å². The van der Waals surface area contributed by atoms with Crippen molar-refractivity contribution < 1.29 is 9.59 Å². The van der Waals surface area contributed by atoms with Crippen LogP contribution >= 0.6 is 0 Å². The molecule has 0 radical (unpaired) electrons. The summed E-state index contributed by atoms with van der Waals surface area (Å²) in [4.78, 5) is 25.7. The zero-order valence-corrected chi connectivity index (χ0v) is 17.4. The summed E-state index contributed by atoms with van der Waals surface area (Å²) in [6, 6.07) is 8.79. The minimum Gasteiger partial charge on any atom is -0.351 e. The molecule has 0 heterocycles. The van der Waals surface area contributed by atoms with Crippen LogP contribution in [0.1, 0.15) is 69.7 Å². The predicted octanol–water partition coefficient (Wildman–Crippen LogP) is 4.16. The van der Waals surface area contributed by atoms with Gasteiger partial charge < -0.3 is 10.6 Å². The standard InChI is InChI=1S/C24H34N2O2/c1-15(2)21(26-22(27)20-7-5-4-6-8-20)23(28)25-16(3)24-12-17-9-18(13-24)11-19(10-17)14-24/h4-8,15-19,21H,9-14H2,1-3H3,(H,25,28)(H,26,27)/t16-,17?,18?,19?,21+,24?/m1/s1. The Hall–Kier alpha value is -1.84. The monoisotopic (exact) mass is 382 g/mol. The lowest BCUT2D eigenvalue weighted by atomic mass is 9.48. The highest BCUT2D eigenvalue weighted by molar-refractivity contribution is 5.97. The molecule has 4 fully saturated rings. The molecule has 2 amide bonds. The van der Waals surface area contributed by atoms with Gasteiger partial charge in [-0.2, -0.15) is 0 Å². The molecule has 4 aliphatic carbocycles. The number of nitrogens with one attached hydrogen (secondary N) is 2. The molecule has 2 atom stereocenters. The molecule has 1 aromatic rings. The Bertz CT molecular complexity index is 692. The van der Waals surface area contributed by atoms with Gasteiger partial charge in [0.1, 0.15) is 6.04 Å². The molecule has 0 aliphatic heterocycles. The normalized spacial score (nSPS) is 32.8. The highest BCUT2D eigenvalue weighted by atomic mass is 16.2. The zero-order chi connectivity index (χ0) is 19.9. The van der Waals surface area contributed by atoms with Gasteiger partial charge in [0.2, 0.25) is 5.91 Å². The second-order valence-corrected chi connectivity index (χ2v) is 10.1. The third-order valence-electron chi connectivity index (χ3n) is 7.63. The quantitative estimate of drug-likeness (QED) is 0.776. The summed E-state index contributed by atoms with van der Waals surface area (Å²) in [5.41, 5.74) is 0.866. The first-order valence-electron chi connectivity index (χ1n) is 11.0. The van der Waals surface area contributed by atoms with Crippen molar-refractivity contribution in [3.05, 3.63) is 35.9 Å². The van der Waals surface area contributed by atoms with Crippen molar-refractivity contribution in [1.29, 1.82) is 0 Å². The Morgan fingerprint density at radius 1 is 0.893 bits per heavy atom. The Morgan fingerprint density at radius 2 is 1.43 bits per heavy atom. The van der Waals surface area contributed by atoms with Crippen molar-refractivity contribution >= 4 is 11.8 Å². The number of amides is 2. The maximum atomic E-state index is 13.1. The van der Waals surface area contributed by atoms with E-state index in [2.05, 4.69) is 17.6 Å².